The summed E-state index contributed by atoms with van der Waals surface area (Å²) in [5.41, 5.74) is 0. The van der Waals surface area contributed by atoms with Gasteiger partial charge in [0.05, 0.1) is 0 Å². The lowest BCUT2D eigenvalue weighted by atomic mass is 9.71. The summed E-state index contributed by atoms with van der Waals surface area (Å²) in [6, 6.07) is 0.720. The number of hydrogen-bond acceptors (Lipinski definition) is 1. The Kier molecular flexibility index (Phi) is 5.66. The van der Waals surface area contributed by atoms with E-state index in [0.717, 1.165) is 23.8 Å². The minimum atomic E-state index is 0.720. The normalized spacial score (nSPS) is 29.4. The minimum absolute atomic E-state index is 0.720. The molecule has 15 heavy (non-hydrogen) atoms. The van der Waals surface area contributed by atoms with Crippen molar-refractivity contribution in [2.75, 3.05) is 6.54 Å². The molecule has 0 aliphatic heterocycles. The lowest BCUT2D eigenvalue weighted by molar-refractivity contribution is 0.144. The first-order valence-corrected chi connectivity index (χ1v) is 6.90. The van der Waals surface area contributed by atoms with Crippen molar-refractivity contribution in [1.29, 1.82) is 0 Å². The van der Waals surface area contributed by atoms with E-state index in [-0.39, 0.29) is 0 Å². The van der Waals surface area contributed by atoms with Crippen LogP contribution >= 0.6 is 0 Å². The van der Waals surface area contributed by atoms with Gasteiger partial charge in [-0.05, 0) is 50.5 Å². The van der Waals surface area contributed by atoms with Crippen LogP contribution in [0.25, 0.3) is 0 Å². The minimum Gasteiger partial charge on any atom is -0.314 e. The maximum absolute atomic E-state index is 3.69. The third-order valence-electron chi connectivity index (χ3n) is 4.09. The molecule has 1 fully saturated rings. The Labute approximate surface area is 96.0 Å². The van der Waals surface area contributed by atoms with Crippen molar-refractivity contribution in [3.8, 4) is 0 Å². The van der Waals surface area contributed by atoms with Gasteiger partial charge >= 0.3 is 0 Å². The molecule has 1 heteroatoms. The van der Waals surface area contributed by atoms with Gasteiger partial charge in [-0.1, -0.05) is 33.6 Å². The average Bonchev–Trinajstić information content (AvgIpc) is 2.25. The quantitative estimate of drug-likeness (QED) is 0.728. The fourth-order valence-electron chi connectivity index (χ4n) is 3.16. The Morgan fingerprint density at radius 2 is 1.67 bits per heavy atom. The summed E-state index contributed by atoms with van der Waals surface area (Å²) in [5, 5.41) is 3.69. The molecule has 0 radical (unpaired) electrons. The number of nitrogens with one attached hydrogen (secondary N) is 1. The summed E-state index contributed by atoms with van der Waals surface area (Å²) in [5.74, 6) is 2.74. The van der Waals surface area contributed by atoms with Crippen LogP contribution < -0.4 is 5.32 Å². The van der Waals surface area contributed by atoms with E-state index in [1.807, 2.05) is 0 Å². The third kappa shape index (κ3) is 3.79. The average molecular weight is 211 g/mol. The zero-order valence-electron chi connectivity index (χ0n) is 11.1. The third-order valence-corrected chi connectivity index (χ3v) is 4.09. The molecule has 1 aliphatic rings. The molecule has 0 aromatic rings. The summed E-state index contributed by atoms with van der Waals surface area (Å²) < 4.78 is 0. The molecule has 3 unspecified atom stereocenters. The predicted molar refractivity (Wildman–Crippen MR) is 68.0 cm³/mol. The largest absolute Gasteiger partial charge is 0.314 e. The number of rotatable bonds is 5. The molecular weight excluding hydrogens is 182 g/mol. The van der Waals surface area contributed by atoms with Crippen molar-refractivity contribution in [1.82, 2.24) is 5.32 Å². The molecule has 0 amide bonds. The fraction of sp³-hybridized carbons (Fsp3) is 1.00. The second-order valence-electron chi connectivity index (χ2n) is 5.60. The molecule has 0 aromatic heterocycles. The zero-order valence-corrected chi connectivity index (χ0v) is 11.1. The van der Waals surface area contributed by atoms with Crippen molar-refractivity contribution in [3.63, 3.8) is 0 Å². The van der Waals surface area contributed by atoms with Crippen molar-refractivity contribution in [2.45, 2.75) is 65.8 Å². The molecule has 1 saturated carbocycles. The van der Waals surface area contributed by atoms with Gasteiger partial charge in [0.1, 0.15) is 0 Å². The van der Waals surface area contributed by atoms with Gasteiger partial charge in [0.2, 0.25) is 0 Å². The van der Waals surface area contributed by atoms with Crippen LogP contribution in [0.4, 0.5) is 0 Å². The highest BCUT2D eigenvalue weighted by atomic mass is 14.9. The van der Waals surface area contributed by atoms with Gasteiger partial charge in [-0.2, -0.15) is 0 Å². The molecule has 1 N–H and O–H groups in total. The molecule has 0 aromatic carbocycles. The Bertz CT molecular complexity index is 165. The summed E-state index contributed by atoms with van der Waals surface area (Å²) in [6.45, 7) is 10.6. The van der Waals surface area contributed by atoms with Crippen molar-refractivity contribution >= 4 is 0 Å². The van der Waals surface area contributed by atoms with E-state index < -0.39 is 0 Å². The van der Waals surface area contributed by atoms with E-state index in [0.29, 0.717) is 0 Å². The SMILES string of the molecule is CCCNC(C)C1CCCCC1C(C)C. The first-order valence-electron chi connectivity index (χ1n) is 6.90. The second kappa shape index (κ2) is 6.52. The van der Waals surface area contributed by atoms with Crippen LogP contribution in [-0.4, -0.2) is 12.6 Å². The summed E-state index contributed by atoms with van der Waals surface area (Å²) in [6.07, 6.45) is 7.07. The molecule has 90 valence electrons. The van der Waals surface area contributed by atoms with Crippen LogP contribution in [0.15, 0.2) is 0 Å². The highest BCUT2D eigenvalue weighted by molar-refractivity contribution is 4.84. The molecule has 0 spiro atoms. The van der Waals surface area contributed by atoms with Crippen molar-refractivity contribution < 1.29 is 0 Å². The highest BCUT2D eigenvalue weighted by Gasteiger charge is 2.30. The van der Waals surface area contributed by atoms with Gasteiger partial charge in [-0.15, -0.1) is 0 Å². The Hall–Kier alpha value is -0.0400. The molecule has 1 nitrogen and oxygen atoms in total. The van der Waals surface area contributed by atoms with Crippen LogP contribution in [-0.2, 0) is 0 Å². The lowest BCUT2D eigenvalue weighted by Gasteiger charge is -2.38. The van der Waals surface area contributed by atoms with E-state index in [1.54, 1.807) is 0 Å². The smallest absolute Gasteiger partial charge is 0.00697 e. The Morgan fingerprint density at radius 1 is 1.07 bits per heavy atom. The standard InChI is InChI=1S/C14H29N/c1-5-10-15-12(4)14-9-7-6-8-13(14)11(2)3/h11-15H,5-10H2,1-4H3. The Morgan fingerprint density at radius 3 is 2.20 bits per heavy atom. The van der Waals surface area contributed by atoms with E-state index in [9.17, 15) is 0 Å². The summed E-state index contributed by atoms with van der Waals surface area (Å²) >= 11 is 0. The molecule has 1 rings (SSSR count). The summed E-state index contributed by atoms with van der Waals surface area (Å²) in [4.78, 5) is 0. The van der Waals surface area contributed by atoms with Crippen LogP contribution in [0.3, 0.4) is 0 Å². The van der Waals surface area contributed by atoms with Crippen molar-refractivity contribution in [3.05, 3.63) is 0 Å². The lowest BCUT2D eigenvalue weighted by Crippen LogP contribution is -2.40. The van der Waals surface area contributed by atoms with E-state index >= 15 is 0 Å². The van der Waals surface area contributed by atoms with Crippen LogP contribution in [0.5, 0.6) is 0 Å². The topological polar surface area (TPSA) is 12.0 Å². The van der Waals surface area contributed by atoms with E-state index in [1.165, 1.54) is 38.6 Å². The predicted octanol–water partition coefficient (Wildman–Crippen LogP) is 3.84. The van der Waals surface area contributed by atoms with Crippen LogP contribution in [0.1, 0.15) is 59.8 Å². The molecule has 0 saturated heterocycles. The first-order chi connectivity index (χ1) is 7.16. The van der Waals surface area contributed by atoms with Crippen LogP contribution in [0, 0.1) is 17.8 Å². The van der Waals surface area contributed by atoms with Crippen molar-refractivity contribution in [2.24, 2.45) is 17.8 Å². The summed E-state index contributed by atoms with van der Waals surface area (Å²) in [7, 11) is 0. The molecule has 0 heterocycles. The monoisotopic (exact) mass is 211 g/mol. The molecule has 0 bridgehead atoms. The number of hydrogen-bond donors (Lipinski definition) is 1. The van der Waals surface area contributed by atoms with E-state index in [4.69, 9.17) is 0 Å². The van der Waals surface area contributed by atoms with Gasteiger partial charge < -0.3 is 5.32 Å². The zero-order chi connectivity index (χ0) is 11.3. The molecule has 1 aliphatic carbocycles. The highest BCUT2D eigenvalue weighted by Crippen LogP contribution is 2.36. The van der Waals surface area contributed by atoms with Gasteiger partial charge in [-0.3, -0.25) is 0 Å². The second-order valence-corrected chi connectivity index (χ2v) is 5.60. The fourth-order valence-corrected chi connectivity index (χ4v) is 3.16. The Balaban J connectivity index is 2.47. The van der Waals surface area contributed by atoms with Gasteiger partial charge in [0.25, 0.3) is 0 Å². The maximum atomic E-state index is 3.69. The van der Waals surface area contributed by atoms with Gasteiger partial charge in [0, 0.05) is 6.04 Å². The first kappa shape index (κ1) is 13.0. The van der Waals surface area contributed by atoms with E-state index in [2.05, 4.69) is 33.0 Å². The molecule has 3 atom stereocenters. The van der Waals surface area contributed by atoms with Gasteiger partial charge in [-0.25, -0.2) is 0 Å². The molecular formula is C14H29N. The van der Waals surface area contributed by atoms with Crippen LogP contribution in [0.2, 0.25) is 0 Å². The maximum Gasteiger partial charge on any atom is 0.00697 e. The van der Waals surface area contributed by atoms with Gasteiger partial charge in [0.15, 0.2) is 0 Å².